The molecule has 0 aromatic carbocycles. The number of aliphatic hydroxyl groups is 1. The fraction of sp³-hybridized carbons (Fsp3) is 0.250. The standard InChI is InChI=1S/C12H13NO4/c1-2-16-11(14)12(15,9-5-3-7-13-9)10-6-4-8-17-10/h3-8,13,15H,2H2,1H3/t12-/m0/s1. The van der Waals surface area contributed by atoms with Gasteiger partial charge in [-0.1, -0.05) is 0 Å². The molecule has 0 saturated carbocycles. The normalized spacial score (nSPS) is 14.2. The summed E-state index contributed by atoms with van der Waals surface area (Å²) in [5.41, 5.74) is -1.62. The van der Waals surface area contributed by atoms with Gasteiger partial charge < -0.3 is 19.2 Å². The fourth-order valence-corrected chi connectivity index (χ4v) is 1.62. The molecule has 0 spiro atoms. The quantitative estimate of drug-likeness (QED) is 0.785. The zero-order valence-electron chi connectivity index (χ0n) is 9.34. The Morgan fingerprint density at radius 3 is 2.88 bits per heavy atom. The van der Waals surface area contributed by atoms with Crippen LogP contribution in [0.3, 0.4) is 0 Å². The molecular weight excluding hydrogens is 222 g/mol. The van der Waals surface area contributed by atoms with Crippen LogP contribution >= 0.6 is 0 Å². The minimum Gasteiger partial charge on any atom is -0.465 e. The van der Waals surface area contributed by atoms with E-state index in [9.17, 15) is 9.90 Å². The van der Waals surface area contributed by atoms with Crippen LogP contribution in [0.25, 0.3) is 0 Å². The number of furan rings is 1. The SMILES string of the molecule is CCOC(=O)[C@](O)(c1ccc[nH]1)c1ccco1. The van der Waals surface area contributed by atoms with Gasteiger partial charge in [-0.2, -0.15) is 0 Å². The predicted molar refractivity (Wildman–Crippen MR) is 59.1 cm³/mol. The van der Waals surface area contributed by atoms with E-state index in [0.29, 0.717) is 5.69 Å². The van der Waals surface area contributed by atoms with Crippen molar-refractivity contribution in [1.29, 1.82) is 0 Å². The fourth-order valence-electron chi connectivity index (χ4n) is 1.62. The van der Waals surface area contributed by atoms with Crippen LogP contribution in [0.5, 0.6) is 0 Å². The van der Waals surface area contributed by atoms with Crippen LogP contribution in [-0.2, 0) is 15.1 Å². The maximum Gasteiger partial charge on any atom is 0.352 e. The second kappa shape index (κ2) is 4.47. The van der Waals surface area contributed by atoms with E-state index in [-0.39, 0.29) is 12.4 Å². The molecule has 0 amide bonds. The predicted octanol–water partition coefficient (Wildman–Crippen LogP) is 1.41. The van der Waals surface area contributed by atoms with Crippen molar-refractivity contribution in [3.63, 3.8) is 0 Å². The minimum absolute atomic E-state index is 0.124. The van der Waals surface area contributed by atoms with Gasteiger partial charge >= 0.3 is 5.97 Å². The molecule has 0 saturated heterocycles. The van der Waals surface area contributed by atoms with E-state index in [2.05, 4.69) is 4.98 Å². The molecule has 2 heterocycles. The van der Waals surface area contributed by atoms with Gasteiger partial charge in [-0.3, -0.25) is 0 Å². The maximum absolute atomic E-state index is 11.9. The van der Waals surface area contributed by atoms with E-state index in [4.69, 9.17) is 9.15 Å². The average Bonchev–Trinajstić information content (AvgIpc) is 3.01. The van der Waals surface area contributed by atoms with Crippen LogP contribution in [0.2, 0.25) is 0 Å². The van der Waals surface area contributed by atoms with Gasteiger partial charge in [-0.25, -0.2) is 4.79 Å². The average molecular weight is 235 g/mol. The number of hydrogen-bond acceptors (Lipinski definition) is 4. The van der Waals surface area contributed by atoms with Crippen LogP contribution in [-0.4, -0.2) is 22.7 Å². The highest BCUT2D eigenvalue weighted by Crippen LogP contribution is 2.30. The topological polar surface area (TPSA) is 75.5 Å². The van der Waals surface area contributed by atoms with Crippen LogP contribution < -0.4 is 0 Å². The van der Waals surface area contributed by atoms with Crippen LogP contribution in [0.4, 0.5) is 0 Å². The van der Waals surface area contributed by atoms with Gasteiger partial charge in [0.15, 0.2) is 5.76 Å². The summed E-state index contributed by atoms with van der Waals surface area (Å²) in [6.07, 6.45) is 3.00. The molecule has 2 N–H and O–H groups in total. The molecule has 5 heteroatoms. The Morgan fingerprint density at radius 2 is 2.35 bits per heavy atom. The molecule has 0 radical (unpaired) electrons. The summed E-state index contributed by atoms with van der Waals surface area (Å²) >= 11 is 0. The van der Waals surface area contributed by atoms with Crippen molar-refractivity contribution in [2.75, 3.05) is 6.61 Å². The molecule has 2 aromatic heterocycles. The summed E-state index contributed by atoms with van der Waals surface area (Å²) in [5.74, 6) is -0.643. The molecule has 17 heavy (non-hydrogen) atoms. The third-order valence-electron chi connectivity index (χ3n) is 2.44. The van der Waals surface area contributed by atoms with Gasteiger partial charge in [-0.05, 0) is 31.2 Å². The highest BCUT2D eigenvalue weighted by atomic mass is 16.6. The van der Waals surface area contributed by atoms with Gasteiger partial charge in [0.1, 0.15) is 0 Å². The molecule has 0 unspecified atom stereocenters. The van der Waals surface area contributed by atoms with Crippen molar-refractivity contribution < 1.29 is 19.1 Å². The number of ether oxygens (including phenoxy) is 1. The van der Waals surface area contributed by atoms with Gasteiger partial charge in [0.05, 0.1) is 18.6 Å². The van der Waals surface area contributed by atoms with Crippen LogP contribution in [0.15, 0.2) is 41.1 Å². The smallest absolute Gasteiger partial charge is 0.352 e. The lowest BCUT2D eigenvalue weighted by molar-refractivity contribution is -0.163. The van der Waals surface area contributed by atoms with Crippen molar-refractivity contribution in [2.45, 2.75) is 12.5 Å². The molecular formula is C12H13NO4. The molecule has 0 bridgehead atoms. The van der Waals surface area contributed by atoms with Crippen LogP contribution in [0.1, 0.15) is 18.4 Å². The van der Waals surface area contributed by atoms with Crippen LogP contribution in [0, 0.1) is 0 Å². The third kappa shape index (κ3) is 1.85. The van der Waals surface area contributed by atoms with E-state index in [0.717, 1.165) is 0 Å². The first-order valence-corrected chi connectivity index (χ1v) is 5.27. The maximum atomic E-state index is 11.9. The molecule has 2 aromatic rings. The number of aromatic nitrogens is 1. The number of carbonyl (C=O) groups excluding carboxylic acids is 1. The Labute approximate surface area is 98.0 Å². The van der Waals surface area contributed by atoms with Crippen molar-refractivity contribution in [3.8, 4) is 0 Å². The molecule has 0 aliphatic rings. The highest BCUT2D eigenvalue weighted by molar-refractivity contribution is 5.83. The van der Waals surface area contributed by atoms with Crippen molar-refractivity contribution in [3.05, 3.63) is 48.2 Å². The molecule has 0 fully saturated rings. The monoisotopic (exact) mass is 235 g/mol. The number of nitrogens with one attached hydrogen (secondary N) is 1. The second-order valence-corrected chi connectivity index (χ2v) is 3.49. The molecule has 5 nitrogen and oxygen atoms in total. The Bertz CT molecular complexity index is 438. The van der Waals surface area contributed by atoms with Gasteiger partial charge in [0.25, 0.3) is 5.60 Å². The lowest BCUT2D eigenvalue weighted by Crippen LogP contribution is -2.38. The highest BCUT2D eigenvalue weighted by Gasteiger charge is 2.45. The first kappa shape index (κ1) is 11.5. The lowest BCUT2D eigenvalue weighted by Gasteiger charge is -2.22. The molecule has 0 aliphatic heterocycles. The first-order chi connectivity index (χ1) is 8.19. The number of hydrogen-bond donors (Lipinski definition) is 2. The van der Waals surface area contributed by atoms with Crippen molar-refractivity contribution in [1.82, 2.24) is 4.98 Å². The summed E-state index contributed by atoms with van der Waals surface area (Å²) in [6, 6.07) is 6.40. The summed E-state index contributed by atoms with van der Waals surface area (Å²) in [5, 5.41) is 10.5. The van der Waals surface area contributed by atoms with Gasteiger partial charge in [-0.15, -0.1) is 0 Å². The van der Waals surface area contributed by atoms with Gasteiger partial charge in [0.2, 0.25) is 0 Å². The van der Waals surface area contributed by atoms with Crippen molar-refractivity contribution in [2.24, 2.45) is 0 Å². The Kier molecular flexibility index (Phi) is 3.01. The largest absolute Gasteiger partial charge is 0.465 e. The molecule has 2 rings (SSSR count). The summed E-state index contributed by atoms with van der Waals surface area (Å²) in [4.78, 5) is 14.7. The second-order valence-electron chi connectivity index (χ2n) is 3.49. The summed E-state index contributed by atoms with van der Waals surface area (Å²) < 4.78 is 10.0. The van der Waals surface area contributed by atoms with Gasteiger partial charge in [0, 0.05) is 6.20 Å². The Hall–Kier alpha value is -2.01. The number of H-pyrrole nitrogens is 1. The zero-order chi connectivity index (χ0) is 12.3. The summed E-state index contributed by atoms with van der Waals surface area (Å²) in [7, 11) is 0. The van der Waals surface area contributed by atoms with Crippen molar-refractivity contribution >= 4 is 5.97 Å². The zero-order valence-corrected chi connectivity index (χ0v) is 9.34. The minimum atomic E-state index is -1.93. The lowest BCUT2D eigenvalue weighted by atomic mass is 9.97. The molecule has 0 aliphatic carbocycles. The van der Waals surface area contributed by atoms with E-state index >= 15 is 0 Å². The van der Waals surface area contributed by atoms with E-state index in [1.807, 2.05) is 0 Å². The number of aromatic amines is 1. The number of carbonyl (C=O) groups is 1. The first-order valence-electron chi connectivity index (χ1n) is 5.27. The van der Waals surface area contributed by atoms with E-state index in [1.165, 1.54) is 12.3 Å². The molecule has 90 valence electrons. The summed E-state index contributed by atoms with van der Waals surface area (Å²) in [6.45, 7) is 1.86. The number of rotatable bonds is 4. The van der Waals surface area contributed by atoms with E-state index < -0.39 is 11.6 Å². The number of esters is 1. The Balaban J connectivity index is 2.47. The Morgan fingerprint density at radius 1 is 1.53 bits per heavy atom. The van der Waals surface area contributed by atoms with E-state index in [1.54, 1.807) is 31.3 Å². The molecule has 1 atom stereocenters. The third-order valence-corrected chi connectivity index (χ3v) is 2.44.